The summed E-state index contributed by atoms with van der Waals surface area (Å²) in [5.74, 6) is 0.0234. The summed E-state index contributed by atoms with van der Waals surface area (Å²) in [6.07, 6.45) is 1.34. The molecule has 1 N–H and O–H groups in total. The lowest BCUT2D eigenvalue weighted by Crippen LogP contribution is -2.37. The summed E-state index contributed by atoms with van der Waals surface area (Å²) in [6, 6.07) is 5.48. The molecule has 0 atom stereocenters. The van der Waals surface area contributed by atoms with Crippen molar-refractivity contribution >= 4 is 17.5 Å². The van der Waals surface area contributed by atoms with Gasteiger partial charge in [0.1, 0.15) is 0 Å². The molecule has 2 amide bonds. The zero-order valence-corrected chi connectivity index (χ0v) is 13.0. The first-order valence-corrected chi connectivity index (χ1v) is 7.38. The molecule has 0 aliphatic carbocycles. The van der Waals surface area contributed by atoms with Crippen LogP contribution in [0, 0.1) is 0 Å². The van der Waals surface area contributed by atoms with Gasteiger partial charge in [-0.3, -0.25) is 9.59 Å². The standard InChI is InChI=1S/C16H23N3O2/c1-4-7-19(9-8-18(2)3)16(21)13-6-5-12-11-15(20)17-14(12)10-13/h5-6,10H,4,7-9,11H2,1-3H3,(H,17,20). The first kappa shape index (κ1) is 15.5. The molecular weight excluding hydrogens is 266 g/mol. The lowest BCUT2D eigenvalue weighted by molar-refractivity contribution is -0.115. The monoisotopic (exact) mass is 289 g/mol. The van der Waals surface area contributed by atoms with Crippen molar-refractivity contribution in [1.82, 2.24) is 9.80 Å². The Morgan fingerprint density at radius 2 is 2.00 bits per heavy atom. The van der Waals surface area contributed by atoms with Crippen LogP contribution in [0.2, 0.25) is 0 Å². The van der Waals surface area contributed by atoms with E-state index in [0.717, 1.165) is 30.8 Å². The third kappa shape index (κ3) is 3.82. The average Bonchev–Trinajstić information content (AvgIpc) is 2.81. The third-order valence-electron chi connectivity index (χ3n) is 3.58. The molecule has 21 heavy (non-hydrogen) atoms. The normalized spacial score (nSPS) is 13.2. The number of carbonyl (C=O) groups excluding carboxylic acids is 2. The molecule has 114 valence electrons. The number of rotatable bonds is 6. The Bertz CT molecular complexity index is 540. The summed E-state index contributed by atoms with van der Waals surface area (Å²) in [5, 5.41) is 2.80. The molecule has 0 saturated carbocycles. The van der Waals surface area contributed by atoms with Crippen molar-refractivity contribution in [2.75, 3.05) is 39.0 Å². The van der Waals surface area contributed by atoms with Gasteiger partial charge in [-0.25, -0.2) is 0 Å². The molecule has 2 rings (SSSR count). The van der Waals surface area contributed by atoms with Crippen LogP contribution >= 0.6 is 0 Å². The largest absolute Gasteiger partial charge is 0.337 e. The number of hydrogen-bond acceptors (Lipinski definition) is 3. The number of carbonyl (C=O) groups is 2. The van der Waals surface area contributed by atoms with E-state index in [0.29, 0.717) is 18.5 Å². The zero-order chi connectivity index (χ0) is 15.4. The van der Waals surface area contributed by atoms with Crippen molar-refractivity contribution in [3.8, 4) is 0 Å². The fourth-order valence-corrected chi connectivity index (χ4v) is 2.44. The van der Waals surface area contributed by atoms with E-state index in [4.69, 9.17) is 0 Å². The number of amides is 2. The van der Waals surface area contributed by atoms with Crippen molar-refractivity contribution in [3.05, 3.63) is 29.3 Å². The molecule has 1 aromatic rings. The minimum absolute atomic E-state index is 0.00683. The zero-order valence-electron chi connectivity index (χ0n) is 13.0. The first-order chi connectivity index (χ1) is 10.0. The van der Waals surface area contributed by atoms with Crippen LogP contribution in [0.3, 0.4) is 0 Å². The van der Waals surface area contributed by atoms with E-state index >= 15 is 0 Å². The quantitative estimate of drug-likeness (QED) is 0.865. The SMILES string of the molecule is CCCN(CCN(C)C)C(=O)c1ccc2c(c1)NC(=O)C2. The van der Waals surface area contributed by atoms with Crippen LogP contribution in [-0.4, -0.2) is 55.3 Å². The number of likely N-dealkylation sites (N-methyl/N-ethyl adjacent to an activating group) is 1. The topological polar surface area (TPSA) is 52.6 Å². The van der Waals surface area contributed by atoms with E-state index in [1.165, 1.54) is 0 Å². The summed E-state index contributed by atoms with van der Waals surface area (Å²) in [4.78, 5) is 27.9. The Balaban J connectivity index is 2.13. The smallest absolute Gasteiger partial charge is 0.253 e. The Labute approximate surface area is 125 Å². The highest BCUT2D eigenvalue weighted by Gasteiger charge is 2.21. The third-order valence-corrected chi connectivity index (χ3v) is 3.58. The summed E-state index contributed by atoms with van der Waals surface area (Å²) < 4.78 is 0. The fraction of sp³-hybridized carbons (Fsp3) is 0.500. The highest BCUT2D eigenvalue weighted by molar-refractivity contribution is 6.02. The maximum atomic E-state index is 12.6. The molecule has 0 fully saturated rings. The molecule has 5 nitrogen and oxygen atoms in total. The summed E-state index contributed by atoms with van der Waals surface area (Å²) in [6.45, 7) is 4.37. The van der Waals surface area contributed by atoms with Gasteiger partial charge in [0.2, 0.25) is 5.91 Å². The second-order valence-electron chi connectivity index (χ2n) is 5.69. The molecule has 5 heteroatoms. The van der Waals surface area contributed by atoms with Crippen molar-refractivity contribution < 1.29 is 9.59 Å². The molecule has 0 saturated heterocycles. The van der Waals surface area contributed by atoms with E-state index in [2.05, 4.69) is 17.1 Å². The number of benzene rings is 1. The van der Waals surface area contributed by atoms with E-state index in [-0.39, 0.29) is 11.8 Å². The van der Waals surface area contributed by atoms with Crippen LogP contribution in [-0.2, 0) is 11.2 Å². The number of anilines is 1. The van der Waals surface area contributed by atoms with Gasteiger partial charge in [0.25, 0.3) is 5.91 Å². The number of nitrogens with one attached hydrogen (secondary N) is 1. The molecule has 1 aliphatic rings. The van der Waals surface area contributed by atoms with Gasteiger partial charge in [0.15, 0.2) is 0 Å². The fourth-order valence-electron chi connectivity index (χ4n) is 2.44. The molecule has 1 aliphatic heterocycles. The summed E-state index contributed by atoms with van der Waals surface area (Å²) >= 11 is 0. The Hall–Kier alpha value is -1.88. The van der Waals surface area contributed by atoms with Crippen LogP contribution < -0.4 is 5.32 Å². The predicted molar refractivity (Wildman–Crippen MR) is 83.5 cm³/mol. The highest BCUT2D eigenvalue weighted by Crippen LogP contribution is 2.24. The van der Waals surface area contributed by atoms with Crippen molar-refractivity contribution in [2.24, 2.45) is 0 Å². The first-order valence-electron chi connectivity index (χ1n) is 7.38. The highest BCUT2D eigenvalue weighted by atomic mass is 16.2. The Morgan fingerprint density at radius 3 is 2.67 bits per heavy atom. The van der Waals surface area contributed by atoms with E-state index < -0.39 is 0 Å². The summed E-state index contributed by atoms with van der Waals surface area (Å²) in [7, 11) is 4.00. The van der Waals surface area contributed by atoms with Gasteiger partial charge in [-0.05, 0) is 38.2 Å². The van der Waals surface area contributed by atoms with Gasteiger partial charge in [-0.2, -0.15) is 0 Å². The minimum atomic E-state index is -0.00683. The second kappa shape index (κ2) is 6.72. The number of hydrogen-bond donors (Lipinski definition) is 1. The Morgan fingerprint density at radius 1 is 1.24 bits per heavy atom. The molecular formula is C16H23N3O2. The molecule has 1 aromatic carbocycles. The molecule has 0 bridgehead atoms. The van der Waals surface area contributed by atoms with E-state index in [1.807, 2.05) is 31.1 Å². The molecule has 0 aromatic heterocycles. The van der Waals surface area contributed by atoms with Gasteiger partial charge in [-0.1, -0.05) is 13.0 Å². The lowest BCUT2D eigenvalue weighted by atomic mass is 10.1. The van der Waals surface area contributed by atoms with Gasteiger partial charge >= 0.3 is 0 Å². The Kier molecular flexibility index (Phi) is 4.96. The lowest BCUT2D eigenvalue weighted by Gasteiger charge is -2.24. The van der Waals surface area contributed by atoms with Gasteiger partial charge in [0, 0.05) is 30.9 Å². The average molecular weight is 289 g/mol. The van der Waals surface area contributed by atoms with Gasteiger partial charge in [0.05, 0.1) is 6.42 Å². The van der Waals surface area contributed by atoms with Crippen LogP contribution in [0.5, 0.6) is 0 Å². The maximum absolute atomic E-state index is 12.6. The second-order valence-corrected chi connectivity index (χ2v) is 5.69. The van der Waals surface area contributed by atoms with Crippen LogP contribution in [0.15, 0.2) is 18.2 Å². The van der Waals surface area contributed by atoms with Crippen LogP contribution in [0.25, 0.3) is 0 Å². The minimum Gasteiger partial charge on any atom is -0.337 e. The van der Waals surface area contributed by atoms with Gasteiger partial charge < -0.3 is 15.1 Å². The predicted octanol–water partition coefficient (Wildman–Crippen LogP) is 1.59. The van der Waals surface area contributed by atoms with Crippen molar-refractivity contribution in [2.45, 2.75) is 19.8 Å². The molecule has 1 heterocycles. The molecule has 0 spiro atoms. The molecule has 0 radical (unpaired) electrons. The number of nitrogens with zero attached hydrogens (tertiary/aromatic N) is 2. The van der Waals surface area contributed by atoms with Crippen molar-refractivity contribution in [1.29, 1.82) is 0 Å². The van der Waals surface area contributed by atoms with E-state index in [1.54, 1.807) is 6.07 Å². The van der Waals surface area contributed by atoms with E-state index in [9.17, 15) is 9.59 Å². The number of fused-ring (bicyclic) bond motifs is 1. The van der Waals surface area contributed by atoms with Crippen molar-refractivity contribution in [3.63, 3.8) is 0 Å². The van der Waals surface area contributed by atoms with Crippen LogP contribution in [0.1, 0.15) is 29.3 Å². The van der Waals surface area contributed by atoms with Crippen LogP contribution in [0.4, 0.5) is 5.69 Å². The molecule has 0 unspecified atom stereocenters. The maximum Gasteiger partial charge on any atom is 0.253 e. The van der Waals surface area contributed by atoms with Gasteiger partial charge in [-0.15, -0.1) is 0 Å². The summed E-state index contributed by atoms with van der Waals surface area (Å²) in [5.41, 5.74) is 2.38.